The average molecular weight is 307 g/mol. The number of morpholine rings is 1. The first-order valence-electron chi connectivity index (χ1n) is 8.24. The molecule has 1 atom stereocenters. The number of aromatic nitrogens is 2. The molecule has 5 heteroatoms. The summed E-state index contributed by atoms with van der Waals surface area (Å²) in [6.07, 6.45) is 7.16. The lowest BCUT2D eigenvalue weighted by Crippen LogP contribution is -2.39. The smallest absolute Gasteiger partial charge is 0.138 e. The second-order valence-corrected chi connectivity index (χ2v) is 6.49. The zero-order valence-corrected chi connectivity index (χ0v) is 13.7. The van der Waals surface area contributed by atoms with Gasteiger partial charge in [-0.25, -0.2) is 4.98 Å². The van der Waals surface area contributed by atoms with Crippen LogP contribution in [-0.4, -0.2) is 41.1 Å². The summed E-state index contributed by atoms with van der Waals surface area (Å²) in [5.41, 5.74) is 2.58. The molecule has 116 valence electrons. The molecule has 3 rings (SSSR count). The van der Waals surface area contributed by atoms with Crippen molar-refractivity contribution in [3.8, 4) is 0 Å². The first-order valence-corrected chi connectivity index (χ1v) is 8.64. The molecular weight excluding hydrogens is 282 g/mol. The third-order valence-corrected chi connectivity index (χ3v) is 4.81. The minimum Gasteiger partial charge on any atom is -0.368 e. The van der Waals surface area contributed by atoms with E-state index in [4.69, 9.17) is 17.0 Å². The maximum atomic E-state index is 5.94. The third kappa shape index (κ3) is 3.52. The van der Waals surface area contributed by atoms with Crippen molar-refractivity contribution >= 4 is 12.2 Å². The van der Waals surface area contributed by atoms with E-state index in [0.29, 0.717) is 0 Å². The van der Waals surface area contributed by atoms with Gasteiger partial charge in [0.05, 0.1) is 6.61 Å². The normalized spacial score (nSPS) is 23.6. The van der Waals surface area contributed by atoms with Crippen molar-refractivity contribution in [1.82, 2.24) is 14.9 Å². The second-order valence-electron chi connectivity index (χ2n) is 6.11. The molecular formula is C16H25N3OS. The van der Waals surface area contributed by atoms with Crippen LogP contribution >= 0.6 is 12.2 Å². The van der Waals surface area contributed by atoms with Gasteiger partial charge in [0.2, 0.25) is 0 Å². The van der Waals surface area contributed by atoms with Crippen LogP contribution in [0, 0.1) is 4.64 Å². The second kappa shape index (κ2) is 6.99. The number of fused-ring (bicyclic) bond motifs is 1. The zero-order valence-electron chi connectivity index (χ0n) is 12.9. The van der Waals surface area contributed by atoms with Gasteiger partial charge in [0.25, 0.3) is 0 Å². The van der Waals surface area contributed by atoms with Gasteiger partial charge in [-0.3, -0.25) is 4.90 Å². The Morgan fingerprint density at radius 1 is 1.33 bits per heavy atom. The van der Waals surface area contributed by atoms with Crippen LogP contribution in [0.1, 0.15) is 55.8 Å². The van der Waals surface area contributed by atoms with Gasteiger partial charge in [0, 0.05) is 24.3 Å². The summed E-state index contributed by atoms with van der Waals surface area (Å²) < 4.78 is 6.72. The number of hydrogen-bond acceptors (Lipinski definition) is 4. The Balaban J connectivity index is 1.83. The molecule has 0 aromatic carbocycles. The molecule has 0 radical (unpaired) electrons. The predicted molar refractivity (Wildman–Crippen MR) is 86.1 cm³/mol. The standard InChI is InChI=1S/C16H25N3OS/c1-2-8-19-9-10-20-14(11-19)15-17-13-7-5-3-4-6-12(13)16(21)18-15/h14H,2-11H2,1H3,(H,17,18,21). The SMILES string of the molecule is CCCN1CCOC(c2nc(=S)c3c([nH]2)CCCCC3)C1. The van der Waals surface area contributed by atoms with Crippen LogP contribution in [0.3, 0.4) is 0 Å². The van der Waals surface area contributed by atoms with Crippen LogP contribution in [0.5, 0.6) is 0 Å². The molecule has 0 saturated carbocycles. The van der Waals surface area contributed by atoms with Crippen LogP contribution in [-0.2, 0) is 17.6 Å². The molecule has 0 bridgehead atoms. The molecule has 4 nitrogen and oxygen atoms in total. The van der Waals surface area contributed by atoms with E-state index >= 15 is 0 Å². The molecule has 1 aliphatic heterocycles. The largest absolute Gasteiger partial charge is 0.368 e. The molecule has 2 aliphatic rings. The molecule has 2 heterocycles. The van der Waals surface area contributed by atoms with Crippen molar-refractivity contribution in [2.45, 2.75) is 51.6 Å². The average Bonchev–Trinajstić information content (AvgIpc) is 2.73. The Kier molecular flexibility index (Phi) is 5.03. The minimum atomic E-state index is 0.0422. The van der Waals surface area contributed by atoms with Crippen molar-refractivity contribution in [1.29, 1.82) is 0 Å². The van der Waals surface area contributed by atoms with Crippen molar-refractivity contribution < 1.29 is 4.74 Å². The van der Waals surface area contributed by atoms with Crippen LogP contribution in [0.2, 0.25) is 0 Å². The highest BCUT2D eigenvalue weighted by Crippen LogP contribution is 2.24. The topological polar surface area (TPSA) is 41.1 Å². The highest BCUT2D eigenvalue weighted by molar-refractivity contribution is 7.71. The number of nitrogens with zero attached hydrogens (tertiary/aromatic N) is 2. The fourth-order valence-corrected chi connectivity index (χ4v) is 3.68. The van der Waals surface area contributed by atoms with Gasteiger partial charge in [-0.05, 0) is 38.6 Å². The summed E-state index contributed by atoms with van der Waals surface area (Å²) in [6.45, 7) is 6.08. The van der Waals surface area contributed by atoms with Gasteiger partial charge in [-0.2, -0.15) is 0 Å². The van der Waals surface area contributed by atoms with Gasteiger partial charge in [0.15, 0.2) is 0 Å². The van der Waals surface area contributed by atoms with E-state index in [2.05, 4.69) is 21.8 Å². The molecule has 0 amide bonds. The van der Waals surface area contributed by atoms with E-state index in [9.17, 15) is 0 Å². The van der Waals surface area contributed by atoms with Gasteiger partial charge < -0.3 is 9.72 Å². The van der Waals surface area contributed by atoms with Gasteiger partial charge in [-0.15, -0.1) is 0 Å². The number of aryl methyl sites for hydroxylation is 1. The Morgan fingerprint density at radius 2 is 2.19 bits per heavy atom. The van der Waals surface area contributed by atoms with Crippen molar-refractivity contribution in [3.63, 3.8) is 0 Å². The highest BCUT2D eigenvalue weighted by atomic mass is 32.1. The van der Waals surface area contributed by atoms with E-state index < -0.39 is 0 Å². The fourth-order valence-electron chi connectivity index (χ4n) is 3.36. The van der Waals surface area contributed by atoms with E-state index in [1.165, 1.54) is 36.9 Å². The van der Waals surface area contributed by atoms with E-state index in [1.54, 1.807) is 0 Å². The minimum absolute atomic E-state index is 0.0422. The molecule has 1 aliphatic carbocycles. The summed E-state index contributed by atoms with van der Waals surface area (Å²) in [5.74, 6) is 0.932. The van der Waals surface area contributed by atoms with E-state index in [-0.39, 0.29) is 6.10 Å². The first kappa shape index (κ1) is 15.1. The number of ether oxygens (including phenoxy) is 1. The maximum absolute atomic E-state index is 5.94. The van der Waals surface area contributed by atoms with Crippen LogP contribution in [0.25, 0.3) is 0 Å². The van der Waals surface area contributed by atoms with Gasteiger partial charge in [0.1, 0.15) is 16.6 Å². The molecule has 21 heavy (non-hydrogen) atoms. The first-order chi connectivity index (χ1) is 10.3. The predicted octanol–water partition coefficient (Wildman–Crippen LogP) is 3.19. The summed E-state index contributed by atoms with van der Waals surface area (Å²) in [4.78, 5) is 10.7. The molecule has 0 spiro atoms. The number of aromatic amines is 1. The Morgan fingerprint density at radius 3 is 3.05 bits per heavy atom. The molecule has 1 aromatic heterocycles. The summed E-state index contributed by atoms with van der Waals surface area (Å²) in [5, 5.41) is 0. The zero-order chi connectivity index (χ0) is 14.7. The molecule has 1 N–H and O–H groups in total. The quantitative estimate of drug-likeness (QED) is 0.688. The maximum Gasteiger partial charge on any atom is 0.138 e. The van der Waals surface area contributed by atoms with Crippen LogP contribution in [0.4, 0.5) is 0 Å². The number of H-pyrrole nitrogens is 1. The molecule has 1 fully saturated rings. The number of rotatable bonds is 3. The van der Waals surface area contributed by atoms with Crippen molar-refractivity contribution in [2.75, 3.05) is 26.2 Å². The fraction of sp³-hybridized carbons (Fsp3) is 0.750. The van der Waals surface area contributed by atoms with Crippen LogP contribution < -0.4 is 0 Å². The summed E-state index contributed by atoms with van der Waals surface area (Å²) >= 11 is 5.54. The number of hydrogen-bond donors (Lipinski definition) is 1. The molecule has 1 unspecified atom stereocenters. The highest BCUT2D eigenvalue weighted by Gasteiger charge is 2.24. The summed E-state index contributed by atoms with van der Waals surface area (Å²) in [6, 6.07) is 0. The lowest BCUT2D eigenvalue weighted by atomic mass is 10.1. The lowest BCUT2D eigenvalue weighted by molar-refractivity contribution is -0.0343. The third-order valence-electron chi connectivity index (χ3n) is 4.47. The molecule has 1 aromatic rings. The number of nitrogens with one attached hydrogen (secondary N) is 1. The van der Waals surface area contributed by atoms with Gasteiger partial charge >= 0.3 is 0 Å². The van der Waals surface area contributed by atoms with Crippen LogP contribution in [0.15, 0.2) is 0 Å². The Bertz CT molecular complexity index is 541. The van der Waals surface area contributed by atoms with Crippen molar-refractivity contribution in [3.05, 3.63) is 21.7 Å². The van der Waals surface area contributed by atoms with Crippen molar-refractivity contribution in [2.24, 2.45) is 0 Å². The van der Waals surface area contributed by atoms with Gasteiger partial charge in [-0.1, -0.05) is 25.6 Å². The van der Waals surface area contributed by atoms with E-state index in [1.807, 2.05) is 0 Å². The summed E-state index contributed by atoms with van der Waals surface area (Å²) in [7, 11) is 0. The Labute approximate surface area is 131 Å². The lowest BCUT2D eigenvalue weighted by Gasteiger charge is -2.32. The monoisotopic (exact) mass is 307 g/mol. The van der Waals surface area contributed by atoms with E-state index in [0.717, 1.165) is 49.5 Å². The Hall–Kier alpha value is -0.780. The molecule has 1 saturated heterocycles.